The van der Waals surface area contributed by atoms with Crippen molar-refractivity contribution in [3.8, 4) is 0 Å². The highest BCUT2D eigenvalue weighted by Gasteiger charge is 2.38. The van der Waals surface area contributed by atoms with Gasteiger partial charge in [0.15, 0.2) is 17.9 Å². The number of benzene rings is 1. The number of carbonyl (C=O) groups is 1. The van der Waals surface area contributed by atoms with Crippen LogP contribution in [-0.2, 0) is 9.47 Å². The van der Waals surface area contributed by atoms with Crippen molar-refractivity contribution in [3.05, 3.63) is 58.4 Å². The van der Waals surface area contributed by atoms with Gasteiger partial charge in [0.2, 0.25) is 0 Å². The van der Waals surface area contributed by atoms with Crippen molar-refractivity contribution in [1.29, 1.82) is 0 Å². The maximum Gasteiger partial charge on any atom is 0.351 e. The van der Waals surface area contributed by atoms with Crippen LogP contribution in [0.5, 0.6) is 0 Å². The number of esters is 1. The molecule has 3 atom stereocenters. The molecule has 25 heavy (non-hydrogen) atoms. The van der Waals surface area contributed by atoms with Crippen LogP contribution in [0.2, 0.25) is 0 Å². The number of anilines is 1. The molecule has 9 heteroatoms. The lowest BCUT2D eigenvalue weighted by Gasteiger charge is -2.16. The molecular formula is C16H15F2N3O4. The molecule has 2 aromatic rings. The van der Waals surface area contributed by atoms with Crippen LogP contribution in [0.3, 0.4) is 0 Å². The zero-order valence-corrected chi connectivity index (χ0v) is 13.0. The third-order valence-electron chi connectivity index (χ3n) is 3.75. The van der Waals surface area contributed by atoms with E-state index in [0.717, 1.165) is 6.20 Å². The lowest BCUT2D eigenvalue weighted by atomic mass is 10.2. The van der Waals surface area contributed by atoms with Crippen LogP contribution < -0.4 is 11.4 Å². The molecule has 132 valence electrons. The van der Waals surface area contributed by atoms with E-state index in [1.165, 1.54) is 0 Å². The molecular weight excluding hydrogens is 336 g/mol. The third kappa shape index (κ3) is 3.66. The first-order valence-electron chi connectivity index (χ1n) is 7.51. The molecule has 2 heterocycles. The fraction of sp³-hybridized carbons (Fsp3) is 0.312. The Bertz CT molecular complexity index is 828. The van der Waals surface area contributed by atoms with E-state index in [1.54, 1.807) is 30.3 Å². The van der Waals surface area contributed by atoms with Gasteiger partial charge in [0.1, 0.15) is 12.8 Å². The molecule has 1 aromatic carbocycles. The molecule has 0 unspecified atom stereocenters. The Balaban J connectivity index is 1.65. The Kier molecular flexibility index (Phi) is 4.75. The van der Waals surface area contributed by atoms with Gasteiger partial charge in [0.05, 0.1) is 17.9 Å². The summed E-state index contributed by atoms with van der Waals surface area (Å²) < 4.78 is 38.8. The van der Waals surface area contributed by atoms with Crippen molar-refractivity contribution in [2.24, 2.45) is 0 Å². The highest BCUT2D eigenvalue weighted by Crippen LogP contribution is 2.31. The second-order valence-electron chi connectivity index (χ2n) is 5.53. The SMILES string of the molecule is Nc1nc(=O)n([C@@H]2O[C@H](COC(=O)c3ccccc3)C[C@@H]2F)cc1F. The standard InChI is InChI=1S/C16H15F2N3O4/c17-11-6-10(8-24-15(22)9-4-2-1-3-5-9)25-14(11)21-7-12(18)13(19)20-16(21)23/h1-5,7,10-11,14H,6,8H2,(H2,19,20,23)/t10-,11-,14+/m0/s1. The molecule has 1 aromatic heterocycles. The van der Waals surface area contributed by atoms with Gasteiger partial charge in [-0.3, -0.25) is 4.57 Å². The van der Waals surface area contributed by atoms with Crippen LogP contribution >= 0.6 is 0 Å². The predicted octanol–water partition coefficient (Wildman–Crippen LogP) is 1.45. The van der Waals surface area contributed by atoms with Gasteiger partial charge in [-0.2, -0.15) is 4.98 Å². The molecule has 1 aliphatic rings. The molecule has 1 fully saturated rings. The number of rotatable bonds is 4. The lowest BCUT2D eigenvalue weighted by molar-refractivity contribution is -0.0459. The third-order valence-corrected chi connectivity index (χ3v) is 3.75. The molecule has 0 bridgehead atoms. The van der Waals surface area contributed by atoms with E-state index in [1.807, 2.05) is 0 Å². The number of halogens is 2. The van der Waals surface area contributed by atoms with Crippen LogP contribution in [0, 0.1) is 5.82 Å². The van der Waals surface area contributed by atoms with Crippen molar-refractivity contribution in [1.82, 2.24) is 9.55 Å². The second kappa shape index (κ2) is 6.98. The van der Waals surface area contributed by atoms with E-state index < -0.39 is 41.8 Å². The quantitative estimate of drug-likeness (QED) is 0.838. The first-order chi connectivity index (χ1) is 12.0. The maximum atomic E-state index is 14.2. The van der Waals surface area contributed by atoms with Crippen molar-refractivity contribution >= 4 is 11.8 Å². The average molecular weight is 351 g/mol. The molecule has 1 aliphatic heterocycles. The van der Waals surface area contributed by atoms with E-state index in [2.05, 4.69) is 4.98 Å². The summed E-state index contributed by atoms with van der Waals surface area (Å²) in [5.74, 6) is -2.09. The van der Waals surface area contributed by atoms with Gasteiger partial charge in [-0.15, -0.1) is 0 Å². The van der Waals surface area contributed by atoms with Crippen LogP contribution in [-0.4, -0.2) is 34.4 Å². The molecule has 0 amide bonds. The summed E-state index contributed by atoms with van der Waals surface area (Å²) in [5, 5.41) is 0. The summed E-state index contributed by atoms with van der Waals surface area (Å²) in [5.41, 5.74) is 4.63. The molecule has 7 nitrogen and oxygen atoms in total. The molecule has 2 N–H and O–H groups in total. The molecule has 0 spiro atoms. The number of hydrogen-bond acceptors (Lipinski definition) is 6. The number of carbonyl (C=O) groups excluding carboxylic acids is 1. The number of nitrogens with zero attached hydrogens (tertiary/aromatic N) is 2. The zero-order valence-electron chi connectivity index (χ0n) is 13.0. The number of nitrogen functional groups attached to an aromatic ring is 1. The minimum absolute atomic E-state index is 0.106. The zero-order chi connectivity index (χ0) is 18.0. The lowest BCUT2D eigenvalue weighted by Crippen LogP contribution is -2.31. The van der Waals surface area contributed by atoms with Gasteiger partial charge < -0.3 is 15.2 Å². The minimum Gasteiger partial charge on any atom is -0.459 e. The van der Waals surface area contributed by atoms with E-state index >= 15 is 0 Å². The van der Waals surface area contributed by atoms with Crippen LogP contribution in [0.25, 0.3) is 0 Å². The van der Waals surface area contributed by atoms with Gasteiger partial charge in [0.25, 0.3) is 0 Å². The fourth-order valence-electron chi connectivity index (χ4n) is 2.52. The summed E-state index contributed by atoms with van der Waals surface area (Å²) in [7, 11) is 0. The Morgan fingerprint density at radius 1 is 1.40 bits per heavy atom. The number of hydrogen-bond donors (Lipinski definition) is 1. The van der Waals surface area contributed by atoms with Crippen LogP contribution in [0.15, 0.2) is 41.3 Å². The number of alkyl halides is 1. The van der Waals surface area contributed by atoms with Crippen molar-refractivity contribution in [2.75, 3.05) is 12.3 Å². The van der Waals surface area contributed by atoms with Crippen molar-refractivity contribution < 1.29 is 23.0 Å². The van der Waals surface area contributed by atoms with Gasteiger partial charge >= 0.3 is 11.7 Å². The summed E-state index contributed by atoms with van der Waals surface area (Å²) in [6, 6.07) is 8.30. The molecule has 0 radical (unpaired) electrons. The first-order valence-corrected chi connectivity index (χ1v) is 7.51. The number of nitrogens with two attached hydrogens (primary N) is 1. The fourth-order valence-corrected chi connectivity index (χ4v) is 2.52. The number of aromatic nitrogens is 2. The molecule has 0 aliphatic carbocycles. The Labute approximate surface area is 141 Å². The number of ether oxygens (including phenoxy) is 2. The minimum atomic E-state index is -1.58. The van der Waals surface area contributed by atoms with Gasteiger partial charge in [-0.25, -0.2) is 18.4 Å². The first kappa shape index (κ1) is 17.0. The Morgan fingerprint density at radius 2 is 2.12 bits per heavy atom. The Hall–Kier alpha value is -2.81. The molecule has 1 saturated heterocycles. The van der Waals surface area contributed by atoms with E-state index in [0.29, 0.717) is 10.1 Å². The summed E-state index contributed by atoms with van der Waals surface area (Å²) in [6.07, 6.45) is -3.05. The average Bonchev–Trinajstić information content (AvgIpc) is 2.97. The smallest absolute Gasteiger partial charge is 0.351 e. The van der Waals surface area contributed by atoms with E-state index in [9.17, 15) is 18.4 Å². The normalized spacial score (nSPS) is 22.7. The van der Waals surface area contributed by atoms with Gasteiger partial charge in [-0.05, 0) is 12.1 Å². The summed E-state index contributed by atoms with van der Waals surface area (Å²) in [6.45, 7) is -0.190. The topological polar surface area (TPSA) is 96.4 Å². The van der Waals surface area contributed by atoms with Crippen LogP contribution in [0.1, 0.15) is 23.0 Å². The second-order valence-corrected chi connectivity index (χ2v) is 5.53. The molecule has 0 saturated carbocycles. The highest BCUT2D eigenvalue weighted by molar-refractivity contribution is 5.89. The largest absolute Gasteiger partial charge is 0.459 e. The summed E-state index contributed by atoms with van der Waals surface area (Å²) in [4.78, 5) is 26.9. The van der Waals surface area contributed by atoms with Crippen LogP contribution in [0.4, 0.5) is 14.6 Å². The van der Waals surface area contributed by atoms with E-state index in [4.69, 9.17) is 15.2 Å². The Morgan fingerprint density at radius 3 is 2.84 bits per heavy atom. The highest BCUT2D eigenvalue weighted by atomic mass is 19.1. The summed E-state index contributed by atoms with van der Waals surface area (Å²) >= 11 is 0. The predicted molar refractivity (Wildman–Crippen MR) is 83.0 cm³/mol. The molecule has 3 rings (SSSR count). The maximum absolute atomic E-state index is 14.2. The van der Waals surface area contributed by atoms with Crippen molar-refractivity contribution in [2.45, 2.75) is 24.9 Å². The van der Waals surface area contributed by atoms with Gasteiger partial charge in [0, 0.05) is 6.42 Å². The monoisotopic (exact) mass is 351 g/mol. The van der Waals surface area contributed by atoms with Crippen molar-refractivity contribution in [3.63, 3.8) is 0 Å². The van der Waals surface area contributed by atoms with Gasteiger partial charge in [-0.1, -0.05) is 18.2 Å². The van der Waals surface area contributed by atoms with E-state index in [-0.39, 0.29) is 13.0 Å².